The lowest BCUT2D eigenvalue weighted by Gasteiger charge is -2.17. The van der Waals surface area contributed by atoms with Crippen LogP contribution in [0.2, 0.25) is 0 Å². The second-order valence-corrected chi connectivity index (χ2v) is 4.97. The number of fused-ring (bicyclic) bond motifs is 1. The Morgan fingerprint density at radius 1 is 1.42 bits per heavy atom. The van der Waals surface area contributed by atoms with Gasteiger partial charge in [0, 0.05) is 6.07 Å². The zero-order valence-electron chi connectivity index (χ0n) is 10.6. The van der Waals surface area contributed by atoms with Gasteiger partial charge in [0.05, 0.1) is 18.6 Å². The molecule has 1 aliphatic heterocycles. The Kier molecular flexibility index (Phi) is 3.12. The zero-order valence-corrected chi connectivity index (χ0v) is 11.4. The summed E-state index contributed by atoms with van der Waals surface area (Å²) in [7, 11) is 1.65. The van der Waals surface area contributed by atoms with Crippen LogP contribution in [0, 0.1) is 6.92 Å². The van der Waals surface area contributed by atoms with Gasteiger partial charge in [0.1, 0.15) is 17.4 Å². The van der Waals surface area contributed by atoms with Gasteiger partial charge in [-0.2, -0.15) is 0 Å². The molecule has 0 radical (unpaired) electrons. The van der Waals surface area contributed by atoms with E-state index in [9.17, 15) is 0 Å². The smallest absolute Gasteiger partial charge is 0.210 e. The van der Waals surface area contributed by atoms with E-state index in [4.69, 9.17) is 4.74 Å². The minimum Gasteiger partial charge on any atom is -0.497 e. The predicted molar refractivity (Wildman–Crippen MR) is 74.9 cm³/mol. The van der Waals surface area contributed by atoms with Crippen molar-refractivity contribution in [3.8, 4) is 5.75 Å². The van der Waals surface area contributed by atoms with Gasteiger partial charge in [-0.1, -0.05) is 17.8 Å². The molecule has 2 heterocycles. The Morgan fingerprint density at radius 3 is 3.16 bits per heavy atom. The second-order valence-electron chi connectivity index (χ2n) is 4.03. The summed E-state index contributed by atoms with van der Waals surface area (Å²) in [5.74, 6) is 3.23. The first kappa shape index (κ1) is 12.0. The number of hydrogen-bond donors (Lipinski definition) is 1. The lowest BCUT2D eigenvalue weighted by Crippen LogP contribution is -2.30. The molecule has 0 unspecified atom stereocenters. The van der Waals surface area contributed by atoms with Crippen molar-refractivity contribution in [3.63, 3.8) is 0 Å². The Morgan fingerprint density at radius 2 is 2.32 bits per heavy atom. The Balaban J connectivity index is 1.87. The highest BCUT2D eigenvalue weighted by atomic mass is 32.2. The fourth-order valence-corrected chi connectivity index (χ4v) is 2.55. The number of aryl methyl sites for hydroxylation is 1. The minimum absolute atomic E-state index is 0.745. The Hall–Kier alpha value is -2.02. The van der Waals surface area contributed by atoms with Gasteiger partial charge in [-0.3, -0.25) is 5.43 Å². The van der Waals surface area contributed by atoms with E-state index < -0.39 is 0 Å². The molecule has 1 aliphatic rings. The maximum absolute atomic E-state index is 5.19. The summed E-state index contributed by atoms with van der Waals surface area (Å²) in [5, 5.41) is 8.95. The van der Waals surface area contributed by atoms with Crippen LogP contribution < -0.4 is 10.2 Å². The zero-order chi connectivity index (χ0) is 13.2. The average molecular weight is 275 g/mol. The quantitative estimate of drug-likeness (QED) is 0.908. The van der Waals surface area contributed by atoms with Gasteiger partial charge >= 0.3 is 0 Å². The number of ether oxygens (including phenoxy) is 1. The largest absolute Gasteiger partial charge is 0.497 e. The lowest BCUT2D eigenvalue weighted by molar-refractivity contribution is 0.415. The molecular formula is C12H13N5OS. The summed E-state index contributed by atoms with van der Waals surface area (Å²) in [6.07, 6.45) is 0. The molecule has 0 amide bonds. The van der Waals surface area contributed by atoms with Crippen molar-refractivity contribution in [3.05, 3.63) is 30.1 Å². The normalized spacial score (nSPS) is 16.0. The number of rotatable bonds is 2. The molecule has 0 fully saturated rings. The number of thioether (sulfide) groups is 1. The minimum atomic E-state index is 0.745. The standard InChI is InChI=1S/C12H13N5OS/c1-8-14-15-12-17(8)16-11(7-19-12)13-9-4-3-5-10(6-9)18-2/h3-6H,7H2,1-2H3,(H,13,16). The molecule has 2 aromatic rings. The van der Waals surface area contributed by atoms with Crippen molar-refractivity contribution in [1.29, 1.82) is 0 Å². The van der Waals surface area contributed by atoms with E-state index in [-0.39, 0.29) is 0 Å². The molecule has 1 aromatic carbocycles. The summed E-state index contributed by atoms with van der Waals surface area (Å²) in [6, 6.07) is 7.66. The van der Waals surface area contributed by atoms with Gasteiger partial charge < -0.3 is 4.74 Å². The van der Waals surface area contributed by atoms with E-state index in [1.165, 1.54) is 0 Å². The van der Waals surface area contributed by atoms with E-state index >= 15 is 0 Å². The molecule has 0 aliphatic carbocycles. The Bertz CT molecular complexity index is 637. The van der Waals surface area contributed by atoms with E-state index in [1.807, 2.05) is 35.9 Å². The molecule has 7 heteroatoms. The van der Waals surface area contributed by atoms with Crippen molar-refractivity contribution in [2.45, 2.75) is 12.1 Å². The molecule has 0 saturated heterocycles. The fourth-order valence-electron chi connectivity index (χ4n) is 1.75. The van der Waals surface area contributed by atoms with Gasteiger partial charge in [0.2, 0.25) is 5.16 Å². The molecule has 0 bridgehead atoms. The molecule has 0 saturated carbocycles. The number of hydrogen-bond acceptors (Lipinski definition) is 5. The molecule has 6 nitrogen and oxygen atoms in total. The van der Waals surface area contributed by atoms with Crippen molar-refractivity contribution in [2.75, 3.05) is 18.3 Å². The first-order valence-corrected chi connectivity index (χ1v) is 6.78. The van der Waals surface area contributed by atoms with Crippen LogP contribution in [0.1, 0.15) is 5.82 Å². The number of amidine groups is 1. The summed E-state index contributed by atoms with van der Waals surface area (Å²) >= 11 is 1.61. The number of benzene rings is 1. The number of aliphatic imine (C=N–C) groups is 1. The van der Waals surface area contributed by atoms with E-state index in [0.29, 0.717) is 0 Å². The van der Waals surface area contributed by atoms with Crippen LogP contribution in [0.4, 0.5) is 5.69 Å². The third kappa shape index (κ3) is 2.41. The highest BCUT2D eigenvalue weighted by Crippen LogP contribution is 2.23. The first-order chi connectivity index (χ1) is 9.26. The van der Waals surface area contributed by atoms with Crippen LogP contribution in [0.5, 0.6) is 5.75 Å². The Labute approximate surface area is 114 Å². The van der Waals surface area contributed by atoms with E-state index in [2.05, 4.69) is 20.6 Å². The molecular weight excluding hydrogens is 262 g/mol. The average Bonchev–Trinajstić information content (AvgIpc) is 2.80. The summed E-state index contributed by atoms with van der Waals surface area (Å²) in [6.45, 7) is 1.90. The maximum Gasteiger partial charge on any atom is 0.210 e. The van der Waals surface area contributed by atoms with Crippen molar-refractivity contribution < 1.29 is 4.74 Å². The monoisotopic (exact) mass is 275 g/mol. The predicted octanol–water partition coefficient (Wildman–Crippen LogP) is 1.97. The molecule has 0 spiro atoms. The highest BCUT2D eigenvalue weighted by molar-refractivity contribution is 7.99. The number of aromatic nitrogens is 3. The van der Waals surface area contributed by atoms with Gasteiger partial charge in [-0.25, -0.2) is 9.67 Å². The van der Waals surface area contributed by atoms with Gasteiger partial charge in [0.25, 0.3) is 0 Å². The van der Waals surface area contributed by atoms with Crippen molar-refractivity contribution in [2.24, 2.45) is 4.99 Å². The van der Waals surface area contributed by atoms with Gasteiger partial charge in [-0.15, -0.1) is 10.2 Å². The number of nitrogens with zero attached hydrogens (tertiary/aromatic N) is 4. The van der Waals surface area contributed by atoms with Crippen LogP contribution in [-0.4, -0.2) is 33.6 Å². The summed E-state index contributed by atoms with van der Waals surface area (Å²) < 4.78 is 7.03. The van der Waals surface area contributed by atoms with Crippen LogP contribution in [0.25, 0.3) is 0 Å². The molecule has 0 atom stereocenters. The number of methoxy groups -OCH3 is 1. The van der Waals surface area contributed by atoms with Crippen LogP contribution in [0.3, 0.4) is 0 Å². The van der Waals surface area contributed by atoms with E-state index in [0.717, 1.165) is 34.0 Å². The maximum atomic E-state index is 5.19. The van der Waals surface area contributed by atoms with Crippen LogP contribution in [-0.2, 0) is 0 Å². The highest BCUT2D eigenvalue weighted by Gasteiger charge is 2.17. The fraction of sp³-hybridized carbons (Fsp3) is 0.250. The lowest BCUT2D eigenvalue weighted by atomic mass is 10.3. The van der Waals surface area contributed by atoms with Gasteiger partial charge in [-0.05, 0) is 19.1 Å². The van der Waals surface area contributed by atoms with Crippen molar-refractivity contribution in [1.82, 2.24) is 14.9 Å². The van der Waals surface area contributed by atoms with Crippen molar-refractivity contribution >= 4 is 23.3 Å². The summed E-state index contributed by atoms with van der Waals surface area (Å²) in [4.78, 5) is 4.57. The molecule has 98 valence electrons. The topological polar surface area (TPSA) is 64.3 Å². The third-order valence-electron chi connectivity index (χ3n) is 2.69. The third-order valence-corrected chi connectivity index (χ3v) is 3.63. The molecule has 3 rings (SSSR count). The van der Waals surface area contributed by atoms with Crippen LogP contribution in [0.15, 0.2) is 34.4 Å². The SMILES string of the molecule is COc1cccc(N=C2CSc3nnc(C)n3N2)c1. The first-order valence-electron chi connectivity index (χ1n) is 5.80. The molecule has 1 N–H and O–H groups in total. The van der Waals surface area contributed by atoms with Crippen LogP contribution >= 0.6 is 11.8 Å². The number of nitrogens with one attached hydrogen (secondary N) is 1. The van der Waals surface area contributed by atoms with E-state index in [1.54, 1.807) is 18.9 Å². The second kappa shape index (κ2) is 4.93. The van der Waals surface area contributed by atoms with Gasteiger partial charge in [0.15, 0.2) is 0 Å². The molecule has 19 heavy (non-hydrogen) atoms. The molecule has 1 aromatic heterocycles. The summed E-state index contributed by atoms with van der Waals surface area (Å²) in [5.41, 5.74) is 4.07.